The number of piperidine rings is 1. The van der Waals surface area contributed by atoms with Crippen LogP contribution in [0.1, 0.15) is 36.5 Å². The number of anilines is 1. The van der Waals surface area contributed by atoms with E-state index in [1.54, 1.807) is 12.1 Å². The predicted octanol–water partition coefficient (Wildman–Crippen LogP) is 2.93. The first-order chi connectivity index (χ1) is 12.5. The summed E-state index contributed by atoms with van der Waals surface area (Å²) in [5, 5.41) is 14.8. The van der Waals surface area contributed by atoms with Gasteiger partial charge in [0.25, 0.3) is 11.6 Å². The van der Waals surface area contributed by atoms with Gasteiger partial charge in [-0.15, -0.1) is 12.4 Å². The van der Waals surface area contributed by atoms with Crippen LogP contribution in [-0.2, 0) is 0 Å². The minimum absolute atomic E-state index is 0. The lowest BCUT2D eigenvalue weighted by molar-refractivity contribution is -0.384. The van der Waals surface area contributed by atoms with Gasteiger partial charge in [-0.3, -0.25) is 14.9 Å². The summed E-state index contributed by atoms with van der Waals surface area (Å²) < 4.78 is 0. The van der Waals surface area contributed by atoms with E-state index < -0.39 is 0 Å². The Morgan fingerprint density at radius 1 is 1.26 bits per heavy atom. The minimum atomic E-state index is -0.363. The summed E-state index contributed by atoms with van der Waals surface area (Å²) in [7, 11) is 1.91. The number of rotatable bonds is 5. The highest BCUT2D eigenvalue weighted by atomic mass is 35.5. The molecule has 1 amide bonds. The lowest BCUT2D eigenvalue weighted by atomic mass is 9.98. The third-order valence-electron chi connectivity index (χ3n) is 5.61. The number of nitro groups is 1. The normalized spacial score (nSPS) is 20.4. The molecule has 2 heterocycles. The molecule has 150 valence electrons. The number of likely N-dealkylation sites (tertiary alicyclic amines) is 1. The molecule has 1 N–H and O–H groups in total. The number of nitrogens with zero attached hydrogens (tertiary/aromatic N) is 3. The number of halogens is 1. The van der Waals surface area contributed by atoms with Crippen LogP contribution in [0.25, 0.3) is 0 Å². The summed E-state index contributed by atoms with van der Waals surface area (Å²) in [6.45, 7) is 6.17. The lowest BCUT2D eigenvalue weighted by Crippen LogP contribution is -2.33. The maximum absolute atomic E-state index is 12.8. The van der Waals surface area contributed by atoms with E-state index in [4.69, 9.17) is 0 Å². The summed E-state index contributed by atoms with van der Waals surface area (Å²) in [5.74, 6) is 1.01. The zero-order valence-electron chi connectivity index (χ0n) is 16.0. The Morgan fingerprint density at radius 3 is 2.59 bits per heavy atom. The number of nitrogens with one attached hydrogen (secondary N) is 1. The van der Waals surface area contributed by atoms with Crippen molar-refractivity contribution in [2.45, 2.75) is 26.2 Å². The van der Waals surface area contributed by atoms with Gasteiger partial charge in [0.1, 0.15) is 5.69 Å². The topological polar surface area (TPSA) is 78.7 Å². The lowest BCUT2D eigenvalue weighted by Gasteiger charge is -2.31. The average molecular weight is 397 g/mol. The third-order valence-corrected chi connectivity index (χ3v) is 5.61. The van der Waals surface area contributed by atoms with Crippen LogP contribution in [0.15, 0.2) is 18.2 Å². The Kier molecular flexibility index (Phi) is 7.44. The van der Waals surface area contributed by atoms with Crippen molar-refractivity contribution in [1.82, 2.24) is 10.2 Å². The largest absolute Gasteiger partial charge is 0.366 e. The number of benzene rings is 1. The molecule has 2 fully saturated rings. The van der Waals surface area contributed by atoms with Gasteiger partial charge in [0.15, 0.2) is 0 Å². The number of nitro benzene ring substituents is 1. The van der Waals surface area contributed by atoms with Crippen molar-refractivity contribution in [2.75, 3.05) is 44.7 Å². The second-order valence-corrected chi connectivity index (χ2v) is 7.59. The number of carbonyl (C=O) groups is 1. The van der Waals surface area contributed by atoms with E-state index in [2.05, 4.69) is 17.1 Å². The molecule has 7 nitrogen and oxygen atoms in total. The molecule has 3 rings (SSSR count). The van der Waals surface area contributed by atoms with E-state index in [1.807, 2.05) is 11.9 Å². The standard InChI is InChI=1S/C19H28N4O3.ClH/c1-14-5-8-21(9-6-14)17-4-3-16(11-18(17)23(25)26)19(24)22-10-7-15(13-22)12-20-2;/h3-4,11,14-15,20H,5-10,12-13H2,1-2H3;1H. The Balaban J connectivity index is 0.00000261. The van der Waals surface area contributed by atoms with Gasteiger partial charge in [-0.1, -0.05) is 6.92 Å². The van der Waals surface area contributed by atoms with E-state index in [1.165, 1.54) is 6.07 Å². The maximum Gasteiger partial charge on any atom is 0.293 e. The zero-order chi connectivity index (χ0) is 18.7. The van der Waals surface area contributed by atoms with Gasteiger partial charge in [-0.25, -0.2) is 0 Å². The summed E-state index contributed by atoms with van der Waals surface area (Å²) in [6.07, 6.45) is 3.05. The number of hydrogen-bond acceptors (Lipinski definition) is 5. The van der Waals surface area contributed by atoms with Gasteiger partial charge in [0.2, 0.25) is 0 Å². The molecule has 0 saturated carbocycles. The van der Waals surface area contributed by atoms with Gasteiger partial charge in [0, 0.05) is 37.8 Å². The molecule has 0 radical (unpaired) electrons. The maximum atomic E-state index is 12.8. The van der Waals surface area contributed by atoms with E-state index in [-0.39, 0.29) is 28.9 Å². The van der Waals surface area contributed by atoms with Crippen molar-refractivity contribution >= 4 is 29.7 Å². The molecule has 0 aliphatic carbocycles. The molecule has 2 aliphatic heterocycles. The molecule has 0 bridgehead atoms. The van der Waals surface area contributed by atoms with Crippen LogP contribution < -0.4 is 10.2 Å². The van der Waals surface area contributed by atoms with Gasteiger partial charge >= 0.3 is 0 Å². The highest BCUT2D eigenvalue weighted by Gasteiger charge is 2.29. The fraction of sp³-hybridized carbons (Fsp3) is 0.632. The molecular formula is C19H29ClN4O3. The Hall–Kier alpha value is -1.86. The van der Waals surface area contributed by atoms with Crippen molar-refractivity contribution < 1.29 is 9.72 Å². The number of carbonyl (C=O) groups excluding carboxylic acids is 1. The summed E-state index contributed by atoms with van der Waals surface area (Å²) in [4.78, 5) is 27.9. The fourth-order valence-corrected chi connectivity index (χ4v) is 3.97. The molecular weight excluding hydrogens is 368 g/mol. The SMILES string of the molecule is CNCC1CCN(C(=O)c2ccc(N3CCC(C)CC3)c([N+](=O)[O-])c2)C1.Cl. The van der Waals surface area contributed by atoms with Crippen molar-refractivity contribution in [1.29, 1.82) is 0 Å². The summed E-state index contributed by atoms with van der Waals surface area (Å²) in [6, 6.07) is 4.96. The molecule has 0 spiro atoms. The van der Waals surface area contributed by atoms with E-state index >= 15 is 0 Å². The monoisotopic (exact) mass is 396 g/mol. The van der Waals surface area contributed by atoms with Gasteiger partial charge < -0.3 is 15.1 Å². The van der Waals surface area contributed by atoms with Crippen molar-refractivity contribution in [3.63, 3.8) is 0 Å². The van der Waals surface area contributed by atoms with Gasteiger partial charge in [-0.2, -0.15) is 0 Å². The van der Waals surface area contributed by atoms with Crippen molar-refractivity contribution in [3.05, 3.63) is 33.9 Å². The first-order valence-electron chi connectivity index (χ1n) is 9.47. The molecule has 1 aromatic rings. The van der Waals surface area contributed by atoms with Crippen LogP contribution in [0.4, 0.5) is 11.4 Å². The van der Waals surface area contributed by atoms with Crippen LogP contribution in [0.2, 0.25) is 0 Å². The quantitative estimate of drug-likeness (QED) is 0.611. The van der Waals surface area contributed by atoms with Crippen LogP contribution in [0, 0.1) is 22.0 Å². The first-order valence-corrected chi connectivity index (χ1v) is 9.47. The number of hydrogen-bond donors (Lipinski definition) is 1. The molecule has 2 saturated heterocycles. The van der Waals surface area contributed by atoms with E-state index in [0.717, 1.165) is 38.9 Å². The molecule has 1 atom stereocenters. The average Bonchev–Trinajstić information content (AvgIpc) is 3.10. The second-order valence-electron chi connectivity index (χ2n) is 7.59. The van der Waals surface area contributed by atoms with Gasteiger partial charge in [-0.05, 0) is 56.8 Å². The van der Waals surface area contributed by atoms with Crippen LogP contribution in [-0.4, -0.2) is 55.5 Å². The molecule has 27 heavy (non-hydrogen) atoms. The van der Waals surface area contributed by atoms with Crippen LogP contribution >= 0.6 is 12.4 Å². The van der Waals surface area contributed by atoms with E-state index in [9.17, 15) is 14.9 Å². The molecule has 8 heteroatoms. The molecule has 1 unspecified atom stereocenters. The second kappa shape index (κ2) is 9.37. The van der Waals surface area contributed by atoms with Crippen LogP contribution in [0.3, 0.4) is 0 Å². The highest BCUT2D eigenvalue weighted by molar-refractivity contribution is 5.96. The summed E-state index contributed by atoms with van der Waals surface area (Å²) >= 11 is 0. The van der Waals surface area contributed by atoms with Crippen LogP contribution in [0.5, 0.6) is 0 Å². The third kappa shape index (κ3) is 4.90. The summed E-state index contributed by atoms with van der Waals surface area (Å²) in [5.41, 5.74) is 1.08. The molecule has 2 aliphatic rings. The Labute approximate surface area is 166 Å². The number of amides is 1. The fourth-order valence-electron chi connectivity index (χ4n) is 3.97. The molecule has 1 aromatic carbocycles. The molecule has 0 aromatic heterocycles. The highest BCUT2D eigenvalue weighted by Crippen LogP contribution is 2.33. The predicted molar refractivity (Wildman–Crippen MR) is 109 cm³/mol. The smallest absolute Gasteiger partial charge is 0.293 e. The van der Waals surface area contributed by atoms with E-state index in [0.29, 0.717) is 36.2 Å². The van der Waals surface area contributed by atoms with Crippen molar-refractivity contribution in [2.24, 2.45) is 11.8 Å². The van der Waals surface area contributed by atoms with Crippen molar-refractivity contribution in [3.8, 4) is 0 Å². The Morgan fingerprint density at radius 2 is 1.96 bits per heavy atom. The Bertz CT molecular complexity index is 677. The zero-order valence-corrected chi connectivity index (χ0v) is 16.8. The minimum Gasteiger partial charge on any atom is -0.366 e. The first kappa shape index (κ1) is 21.4. The van der Waals surface area contributed by atoms with Gasteiger partial charge in [0.05, 0.1) is 4.92 Å².